The Labute approximate surface area is 279 Å². The Balaban J connectivity index is 1.53. The standard InChI is InChI=1S/C38H58N2O5S/c1-25(2)19-34(41)35(42)32(22-26-11-7-6-8-12-26)39-37(44)33(23-27-15-16-27)40-36(43)31(24-46(45)38(3,4)5)21-28-17-18-29-13-9-10-14-30(29)20-28/h9-10,13-14,17-18,20,25-27,31-35,41-42H,6-8,11-12,15-16,19,21-24H2,1-5H3,(H,39,44)(H,40,43)/t31-,32+,33+,34+,35-,46?/m1/s1. The summed E-state index contributed by atoms with van der Waals surface area (Å²) in [7, 11) is -1.27. The van der Waals surface area contributed by atoms with Gasteiger partial charge in [-0.2, -0.15) is 0 Å². The summed E-state index contributed by atoms with van der Waals surface area (Å²) < 4.78 is 12.9. The van der Waals surface area contributed by atoms with Crippen LogP contribution in [0.3, 0.4) is 0 Å². The summed E-state index contributed by atoms with van der Waals surface area (Å²) in [6.07, 6.45) is 7.64. The number of hydrogen-bond donors (Lipinski definition) is 4. The molecule has 6 atom stereocenters. The van der Waals surface area contributed by atoms with Crippen molar-refractivity contribution < 1.29 is 24.0 Å². The van der Waals surface area contributed by atoms with Crippen LogP contribution in [0.2, 0.25) is 0 Å². The quantitative estimate of drug-likeness (QED) is 0.176. The van der Waals surface area contributed by atoms with Gasteiger partial charge in [0.1, 0.15) is 12.1 Å². The zero-order valence-corrected chi connectivity index (χ0v) is 29.5. The molecule has 2 saturated carbocycles. The van der Waals surface area contributed by atoms with Crippen LogP contribution >= 0.6 is 0 Å². The molecule has 0 saturated heterocycles. The molecule has 2 aromatic rings. The molecule has 0 bridgehead atoms. The van der Waals surface area contributed by atoms with Gasteiger partial charge in [-0.05, 0) is 80.5 Å². The van der Waals surface area contributed by atoms with Crippen LogP contribution in [0, 0.1) is 23.7 Å². The highest BCUT2D eigenvalue weighted by Crippen LogP contribution is 2.34. The van der Waals surface area contributed by atoms with Gasteiger partial charge in [-0.15, -0.1) is 0 Å². The summed E-state index contributed by atoms with van der Waals surface area (Å²) in [4.78, 5) is 28.0. The molecule has 2 aliphatic rings. The summed E-state index contributed by atoms with van der Waals surface area (Å²) in [5, 5.41) is 30.5. The van der Waals surface area contributed by atoms with Gasteiger partial charge in [0, 0.05) is 21.3 Å². The van der Waals surface area contributed by atoms with Crippen molar-refractivity contribution in [3.63, 3.8) is 0 Å². The molecule has 0 radical (unpaired) electrons. The number of nitrogens with one attached hydrogen (secondary N) is 2. The first kappa shape index (κ1) is 36.5. The second-order valence-corrected chi connectivity index (χ2v) is 17.7. The Morgan fingerprint density at radius 3 is 2.15 bits per heavy atom. The maximum Gasteiger partial charge on any atom is 0.242 e. The fourth-order valence-corrected chi connectivity index (χ4v) is 7.89. The SMILES string of the molecule is CC(C)C[C@H](O)[C@H](O)[C@H](CC1CCCCC1)NC(=O)[C@H](CC1CC1)NC(=O)[C@H](Cc1ccc2ccccc2c1)CS(=O)C(C)(C)C. The minimum absolute atomic E-state index is 0.199. The smallest absolute Gasteiger partial charge is 0.242 e. The number of rotatable bonds is 16. The van der Waals surface area contributed by atoms with Crippen LogP contribution in [0.5, 0.6) is 0 Å². The van der Waals surface area contributed by atoms with Gasteiger partial charge in [-0.3, -0.25) is 13.8 Å². The Kier molecular flexibility index (Phi) is 13.3. The van der Waals surface area contributed by atoms with Crippen LogP contribution in [-0.4, -0.2) is 61.0 Å². The Bertz CT molecular complexity index is 1310. The molecule has 256 valence electrons. The number of aliphatic hydroxyl groups excluding tert-OH is 2. The predicted molar refractivity (Wildman–Crippen MR) is 188 cm³/mol. The van der Waals surface area contributed by atoms with Crippen molar-refractivity contribution in [3.05, 3.63) is 48.0 Å². The summed E-state index contributed by atoms with van der Waals surface area (Å²) >= 11 is 0. The van der Waals surface area contributed by atoms with E-state index in [9.17, 15) is 24.0 Å². The topological polar surface area (TPSA) is 116 Å². The molecule has 0 aliphatic heterocycles. The second-order valence-electron chi connectivity index (χ2n) is 15.5. The van der Waals surface area contributed by atoms with Gasteiger partial charge < -0.3 is 20.8 Å². The highest BCUT2D eigenvalue weighted by Gasteiger charge is 2.37. The van der Waals surface area contributed by atoms with Gasteiger partial charge >= 0.3 is 0 Å². The first-order valence-corrected chi connectivity index (χ1v) is 18.9. The average molecular weight is 655 g/mol. The molecule has 2 fully saturated rings. The molecule has 1 unspecified atom stereocenters. The number of benzene rings is 2. The van der Waals surface area contributed by atoms with E-state index in [1.165, 1.54) is 6.42 Å². The van der Waals surface area contributed by atoms with Crippen molar-refractivity contribution in [2.24, 2.45) is 23.7 Å². The van der Waals surface area contributed by atoms with E-state index in [0.717, 1.165) is 54.9 Å². The highest BCUT2D eigenvalue weighted by atomic mass is 32.2. The molecule has 0 aromatic heterocycles. The monoisotopic (exact) mass is 654 g/mol. The lowest BCUT2D eigenvalue weighted by molar-refractivity contribution is -0.132. The first-order valence-electron chi connectivity index (χ1n) is 17.6. The molecule has 8 heteroatoms. The molecule has 2 aromatic carbocycles. The summed E-state index contributed by atoms with van der Waals surface area (Å²) in [5.74, 6) is 0.00347. The lowest BCUT2D eigenvalue weighted by Gasteiger charge is -2.34. The van der Waals surface area contributed by atoms with Gasteiger partial charge in [0.05, 0.1) is 18.1 Å². The van der Waals surface area contributed by atoms with Crippen LogP contribution < -0.4 is 10.6 Å². The van der Waals surface area contributed by atoms with E-state index in [4.69, 9.17) is 0 Å². The largest absolute Gasteiger partial charge is 0.390 e. The van der Waals surface area contributed by atoms with Crippen LogP contribution in [0.1, 0.15) is 104 Å². The van der Waals surface area contributed by atoms with Gasteiger partial charge in [0.2, 0.25) is 11.8 Å². The Morgan fingerprint density at radius 2 is 1.52 bits per heavy atom. The molecule has 0 heterocycles. The van der Waals surface area contributed by atoms with Crippen molar-refractivity contribution in [2.45, 2.75) is 134 Å². The third-order valence-electron chi connectivity index (χ3n) is 9.76. The number of hydrogen-bond acceptors (Lipinski definition) is 5. The molecule has 0 spiro atoms. The third kappa shape index (κ3) is 11.2. The fraction of sp³-hybridized carbons (Fsp3) is 0.684. The second kappa shape index (κ2) is 16.7. The zero-order valence-electron chi connectivity index (χ0n) is 28.7. The van der Waals surface area contributed by atoms with E-state index in [1.807, 2.05) is 58.9 Å². The molecular formula is C38H58N2O5S. The maximum atomic E-state index is 14.0. The molecule has 46 heavy (non-hydrogen) atoms. The van der Waals surface area contributed by atoms with Gasteiger partial charge in [-0.1, -0.05) is 101 Å². The molecule has 7 nitrogen and oxygen atoms in total. The van der Waals surface area contributed by atoms with E-state index >= 15 is 0 Å². The van der Waals surface area contributed by atoms with Crippen molar-refractivity contribution in [1.29, 1.82) is 0 Å². The average Bonchev–Trinajstić information content (AvgIpc) is 3.83. The predicted octanol–water partition coefficient (Wildman–Crippen LogP) is 6.05. The number of carbonyl (C=O) groups excluding carboxylic acids is 2. The van der Waals surface area contributed by atoms with Gasteiger partial charge in [-0.25, -0.2) is 0 Å². The summed E-state index contributed by atoms with van der Waals surface area (Å²) in [6, 6.07) is 12.9. The summed E-state index contributed by atoms with van der Waals surface area (Å²) in [6.45, 7) is 9.77. The van der Waals surface area contributed by atoms with Gasteiger partial charge in [0.25, 0.3) is 0 Å². The van der Waals surface area contributed by atoms with Gasteiger partial charge in [0.15, 0.2) is 0 Å². The Morgan fingerprint density at radius 1 is 0.870 bits per heavy atom. The summed E-state index contributed by atoms with van der Waals surface area (Å²) in [5.41, 5.74) is 0.989. The number of aliphatic hydroxyl groups is 2. The van der Waals surface area contributed by atoms with E-state index in [-0.39, 0.29) is 23.5 Å². The van der Waals surface area contributed by atoms with Crippen molar-refractivity contribution in [3.8, 4) is 0 Å². The molecule has 4 rings (SSSR count). The minimum Gasteiger partial charge on any atom is -0.390 e. The minimum atomic E-state index is -1.27. The van der Waals surface area contributed by atoms with E-state index in [0.29, 0.717) is 37.5 Å². The lowest BCUT2D eigenvalue weighted by Crippen LogP contribution is -2.56. The molecule has 2 amide bonds. The normalized spacial score (nSPS) is 20.1. The third-order valence-corrected chi connectivity index (χ3v) is 11.8. The fourth-order valence-electron chi connectivity index (χ4n) is 6.76. The van der Waals surface area contributed by atoms with Crippen molar-refractivity contribution >= 4 is 33.4 Å². The molecular weight excluding hydrogens is 596 g/mol. The van der Waals surface area contributed by atoms with E-state index < -0.39 is 45.8 Å². The van der Waals surface area contributed by atoms with Crippen molar-refractivity contribution in [1.82, 2.24) is 10.6 Å². The van der Waals surface area contributed by atoms with Crippen LogP contribution in [-0.2, 0) is 26.8 Å². The first-order chi connectivity index (χ1) is 21.8. The lowest BCUT2D eigenvalue weighted by atomic mass is 9.82. The number of carbonyl (C=O) groups is 2. The molecule has 2 aliphatic carbocycles. The van der Waals surface area contributed by atoms with Crippen LogP contribution in [0.25, 0.3) is 10.8 Å². The number of fused-ring (bicyclic) bond motifs is 1. The van der Waals surface area contributed by atoms with E-state index in [2.05, 4.69) is 28.8 Å². The highest BCUT2D eigenvalue weighted by molar-refractivity contribution is 7.86. The van der Waals surface area contributed by atoms with Crippen LogP contribution in [0.4, 0.5) is 0 Å². The van der Waals surface area contributed by atoms with Crippen molar-refractivity contribution in [2.75, 3.05) is 5.75 Å². The zero-order chi connectivity index (χ0) is 33.4. The molecule has 4 N–H and O–H groups in total. The number of amides is 2. The Hall–Kier alpha value is -2.29. The van der Waals surface area contributed by atoms with Crippen LogP contribution in [0.15, 0.2) is 42.5 Å². The maximum absolute atomic E-state index is 14.0. The van der Waals surface area contributed by atoms with E-state index in [1.54, 1.807) is 0 Å².